The molecule has 2 atom stereocenters. The molecule has 0 fully saturated rings. The third-order valence-corrected chi connectivity index (χ3v) is 10.2. The average Bonchev–Trinajstić information content (AvgIpc) is 3.21. The Morgan fingerprint density at radius 2 is 1.08 bits per heavy atom. The molecular formula is C49H36N2. The lowest BCUT2D eigenvalue weighted by molar-refractivity contribution is 0.621. The second-order valence-electron chi connectivity index (χ2n) is 13.5. The summed E-state index contributed by atoms with van der Waals surface area (Å²) in [6, 6.07) is 56.6. The molecule has 2 heterocycles. The number of hydrogen-bond donors (Lipinski definition) is 0. The van der Waals surface area contributed by atoms with Gasteiger partial charge in [-0.1, -0.05) is 146 Å². The maximum absolute atomic E-state index is 5.28. The predicted octanol–water partition coefficient (Wildman–Crippen LogP) is 13.0. The Kier molecular flexibility index (Phi) is 7.91. The molecule has 51 heavy (non-hydrogen) atoms. The fourth-order valence-corrected chi connectivity index (χ4v) is 7.49. The van der Waals surface area contributed by atoms with Gasteiger partial charge in [0.1, 0.15) is 0 Å². The van der Waals surface area contributed by atoms with Crippen LogP contribution in [0.3, 0.4) is 0 Å². The standard InChI is InChI=1S/C49H36N2/c1-33-14-8-10-20-42(33)49-31-39(30-48(51-49)35-17-6-3-7-18-35)38-26-40(46-29-36-19-9-11-21-43(36)44-22-12-13-23-45(44)46)28-41(27-38)47-25-24-37(32-50-47)34-15-4-2-5-16-34/h2-33,42H,1H3. The highest BCUT2D eigenvalue weighted by Crippen LogP contribution is 2.40. The molecule has 0 saturated carbocycles. The van der Waals surface area contributed by atoms with Crippen molar-refractivity contribution in [2.24, 2.45) is 5.92 Å². The minimum Gasteiger partial charge on any atom is -0.256 e. The normalized spacial score (nSPS) is 15.4. The Morgan fingerprint density at radius 3 is 1.84 bits per heavy atom. The van der Waals surface area contributed by atoms with Crippen LogP contribution < -0.4 is 0 Å². The SMILES string of the molecule is CC1C=CC=CC1c1cc(-c2cc(-c3ccc(-c4ccccc4)cn3)cc(-c3cc4ccccc4c4ccccc34)c2)cc(-c2ccccc2)n1. The number of pyridine rings is 2. The number of fused-ring (bicyclic) bond motifs is 3. The summed E-state index contributed by atoms with van der Waals surface area (Å²) in [6.07, 6.45) is 10.8. The van der Waals surface area contributed by atoms with Crippen LogP contribution in [0.25, 0.3) is 77.4 Å². The van der Waals surface area contributed by atoms with Gasteiger partial charge in [-0.3, -0.25) is 9.97 Å². The molecule has 242 valence electrons. The van der Waals surface area contributed by atoms with Crippen molar-refractivity contribution < 1.29 is 0 Å². The van der Waals surface area contributed by atoms with E-state index in [2.05, 4.69) is 183 Å². The number of nitrogens with zero attached hydrogens (tertiary/aromatic N) is 2. The topological polar surface area (TPSA) is 25.8 Å². The van der Waals surface area contributed by atoms with Crippen LogP contribution in [-0.4, -0.2) is 9.97 Å². The molecule has 0 amide bonds. The van der Waals surface area contributed by atoms with Crippen molar-refractivity contribution in [2.75, 3.05) is 0 Å². The van der Waals surface area contributed by atoms with E-state index in [1.807, 2.05) is 12.3 Å². The molecule has 0 spiro atoms. The fraction of sp³-hybridized carbons (Fsp3) is 0.0612. The maximum Gasteiger partial charge on any atom is 0.0711 e. The van der Waals surface area contributed by atoms with E-state index in [0.717, 1.165) is 56.0 Å². The third kappa shape index (κ3) is 5.96. The molecule has 0 N–H and O–H groups in total. The molecule has 1 aliphatic carbocycles. The van der Waals surface area contributed by atoms with E-state index in [1.54, 1.807) is 0 Å². The first-order chi connectivity index (χ1) is 25.2. The molecule has 8 aromatic rings. The van der Waals surface area contributed by atoms with Crippen LogP contribution in [0.15, 0.2) is 188 Å². The Bertz CT molecular complexity index is 2580. The zero-order chi connectivity index (χ0) is 34.1. The summed E-state index contributed by atoms with van der Waals surface area (Å²) in [5.74, 6) is 0.538. The minimum absolute atomic E-state index is 0.191. The van der Waals surface area contributed by atoms with E-state index < -0.39 is 0 Å². The second kappa shape index (κ2) is 13.2. The highest BCUT2D eigenvalue weighted by atomic mass is 14.7. The van der Waals surface area contributed by atoms with Gasteiger partial charge in [0.15, 0.2) is 0 Å². The van der Waals surface area contributed by atoms with Crippen LogP contribution in [0.1, 0.15) is 18.5 Å². The molecule has 9 rings (SSSR count). The van der Waals surface area contributed by atoms with Crippen molar-refractivity contribution in [2.45, 2.75) is 12.8 Å². The van der Waals surface area contributed by atoms with Gasteiger partial charge in [0.25, 0.3) is 0 Å². The van der Waals surface area contributed by atoms with Gasteiger partial charge in [-0.15, -0.1) is 0 Å². The van der Waals surface area contributed by atoms with Crippen LogP contribution in [0.4, 0.5) is 0 Å². The fourth-order valence-electron chi connectivity index (χ4n) is 7.49. The molecule has 2 nitrogen and oxygen atoms in total. The van der Waals surface area contributed by atoms with Gasteiger partial charge in [-0.05, 0) is 97.7 Å². The Balaban J connectivity index is 1.27. The van der Waals surface area contributed by atoms with Crippen molar-refractivity contribution in [3.05, 3.63) is 194 Å². The van der Waals surface area contributed by atoms with Crippen molar-refractivity contribution in [3.8, 4) is 55.9 Å². The van der Waals surface area contributed by atoms with Crippen molar-refractivity contribution in [1.82, 2.24) is 9.97 Å². The molecule has 0 bridgehead atoms. The van der Waals surface area contributed by atoms with Gasteiger partial charge >= 0.3 is 0 Å². The zero-order valence-corrected chi connectivity index (χ0v) is 28.4. The maximum atomic E-state index is 5.28. The van der Waals surface area contributed by atoms with Crippen LogP contribution in [-0.2, 0) is 0 Å². The van der Waals surface area contributed by atoms with E-state index in [9.17, 15) is 0 Å². The Morgan fingerprint density at radius 1 is 0.431 bits per heavy atom. The van der Waals surface area contributed by atoms with Gasteiger partial charge in [0.05, 0.1) is 11.4 Å². The smallest absolute Gasteiger partial charge is 0.0711 e. The van der Waals surface area contributed by atoms with Gasteiger partial charge in [0.2, 0.25) is 0 Å². The van der Waals surface area contributed by atoms with Gasteiger partial charge in [-0.2, -0.15) is 0 Å². The largest absolute Gasteiger partial charge is 0.256 e. The summed E-state index contributed by atoms with van der Waals surface area (Å²) < 4.78 is 0. The average molecular weight is 653 g/mol. The van der Waals surface area contributed by atoms with Crippen LogP contribution >= 0.6 is 0 Å². The van der Waals surface area contributed by atoms with Crippen LogP contribution in [0.2, 0.25) is 0 Å². The van der Waals surface area contributed by atoms with E-state index in [-0.39, 0.29) is 5.92 Å². The lowest BCUT2D eigenvalue weighted by atomic mass is 9.85. The summed E-state index contributed by atoms with van der Waals surface area (Å²) in [7, 11) is 0. The first-order valence-corrected chi connectivity index (χ1v) is 17.7. The number of rotatable bonds is 6. The van der Waals surface area contributed by atoms with E-state index in [4.69, 9.17) is 9.97 Å². The lowest BCUT2D eigenvalue weighted by Crippen LogP contribution is -2.10. The molecular weight excluding hydrogens is 617 g/mol. The van der Waals surface area contributed by atoms with Crippen LogP contribution in [0.5, 0.6) is 0 Å². The minimum atomic E-state index is 0.191. The highest BCUT2D eigenvalue weighted by Gasteiger charge is 2.21. The molecule has 0 saturated heterocycles. The van der Waals surface area contributed by atoms with Gasteiger partial charge < -0.3 is 0 Å². The monoisotopic (exact) mass is 652 g/mol. The first-order valence-electron chi connectivity index (χ1n) is 17.7. The van der Waals surface area contributed by atoms with Crippen molar-refractivity contribution in [3.63, 3.8) is 0 Å². The molecule has 2 aromatic heterocycles. The quantitative estimate of drug-likeness (QED) is 0.167. The Labute approximate surface area is 299 Å². The molecule has 0 aliphatic heterocycles. The number of aromatic nitrogens is 2. The second-order valence-corrected chi connectivity index (χ2v) is 13.5. The third-order valence-electron chi connectivity index (χ3n) is 10.2. The molecule has 1 aliphatic rings. The van der Waals surface area contributed by atoms with Crippen molar-refractivity contribution >= 4 is 21.5 Å². The number of allylic oxidation sites excluding steroid dienone is 4. The summed E-state index contributed by atoms with van der Waals surface area (Å²) in [5.41, 5.74) is 12.1. The predicted molar refractivity (Wildman–Crippen MR) is 214 cm³/mol. The Hall–Kier alpha value is -6.38. The molecule has 6 aromatic carbocycles. The summed E-state index contributed by atoms with van der Waals surface area (Å²) >= 11 is 0. The summed E-state index contributed by atoms with van der Waals surface area (Å²) in [5, 5.41) is 4.99. The molecule has 2 unspecified atom stereocenters. The first kappa shape index (κ1) is 30.7. The van der Waals surface area contributed by atoms with Gasteiger partial charge in [0, 0.05) is 34.5 Å². The molecule has 0 radical (unpaired) electrons. The zero-order valence-electron chi connectivity index (χ0n) is 28.4. The van der Waals surface area contributed by atoms with E-state index >= 15 is 0 Å². The van der Waals surface area contributed by atoms with Gasteiger partial charge in [-0.25, -0.2) is 0 Å². The summed E-state index contributed by atoms with van der Waals surface area (Å²) in [4.78, 5) is 10.3. The molecule has 2 heteroatoms. The lowest BCUT2D eigenvalue weighted by Gasteiger charge is -2.22. The summed E-state index contributed by atoms with van der Waals surface area (Å²) in [6.45, 7) is 2.27. The highest BCUT2D eigenvalue weighted by molar-refractivity contribution is 6.14. The number of benzene rings is 6. The number of hydrogen-bond acceptors (Lipinski definition) is 2. The van der Waals surface area contributed by atoms with E-state index in [0.29, 0.717) is 5.92 Å². The van der Waals surface area contributed by atoms with Crippen LogP contribution in [0, 0.1) is 5.92 Å². The van der Waals surface area contributed by atoms with E-state index in [1.165, 1.54) is 27.1 Å². The van der Waals surface area contributed by atoms with Crippen molar-refractivity contribution in [1.29, 1.82) is 0 Å².